The van der Waals surface area contributed by atoms with Crippen molar-refractivity contribution in [2.75, 3.05) is 11.9 Å². The van der Waals surface area contributed by atoms with Gasteiger partial charge in [0.2, 0.25) is 0 Å². The van der Waals surface area contributed by atoms with Crippen LogP contribution < -0.4 is 10.1 Å². The average molecular weight is 217 g/mol. The molecule has 1 aromatic rings. The van der Waals surface area contributed by atoms with Gasteiger partial charge in [-0.05, 0) is 57.0 Å². The summed E-state index contributed by atoms with van der Waals surface area (Å²) in [7, 11) is 0. The number of rotatable bonds is 2. The summed E-state index contributed by atoms with van der Waals surface area (Å²) >= 11 is 0. The SMILES string of the molecule is CCOc1ccc2c(c1)C(C)=C(C)C(C)N2. The van der Waals surface area contributed by atoms with Crippen molar-refractivity contribution in [3.63, 3.8) is 0 Å². The summed E-state index contributed by atoms with van der Waals surface area (Å²) in [6.45, 7) is 9.28. The topological polar surface area (TPSA) is 21.3 Å². The Hall–Kier alpha value is -1.44. The van der Waals surface area contributed by atoms with Gasteiger partial charge >= 0.3 is 0 Å². The number of hydrogen-bond donors (Lipinski definition) is 1. The first-order valence-electron chi connectivity index (χ1n) is 5.84. The Kier molecular flexibility index (Phi) is 2.90. The zero-order chi connectivity index (χ0) is 11.7. The van der Waals surface area contributed by atoms with E-state index < -0.39 is 0 Å². The lowest BCUT2D eigenvalue weighted by Crippen LogP contribution is -2.22. The highest BCUT2D eigenvalue weighted by molar-refractivity contribution is 5.82. The fraction of sp³-hybridized carbons (Fsp3) is 0.429. The van der Waals surface area contributed by atoms with E-state index in [9.17, 15) is 0 Å². The summed E-state index contributed by atoms with van der Waals surface area (Å²) in [4.78, 5) is 0. The Morgan fingerprint density at radius 2 is 2.06 bits per heavy atom. The third kappa shape index (κ3) is 1.80. The molecule has 1 atom stereocenters. The molecule has 0 aliphatic carbocycles. The number of nitrogens with one attached hydrogen (secondary N) is 1. The quantitative estimate of drug-likeness (QED) is 0.815. The molecule has 1 heterocycles. The predicted octanol–water partition coefficient (Wildman–Crippen LogP) is 3.69. The highest BCUT2D eigenvalue weighted by Gasteiger charge is 2.18. The Morgan fingerprint density at radius 1 is 1.31 bits per heavy atom. The zero-order valence-corrected chi connectivity index (χ0v) is 10.4. The van der Waals surface area contributed by atoms with Crippen molar-refractivity contribution in [2.45, 2.75) is 33.7 Å². The van der Waals surface area contributed by atoms with Crippen molar-refractivity contribution in [3.8, 4) is 5.75 Å². The lowest BCUT2D eigenvalue weighted by atomic mass is 9.92. The van der Waals surface area contributed by atoms with Crippen molar-refractivity contribution < 1.29 is 4.74 Å². The van der Waals surface area contributed by atoms with E-state index in [2.05, 4.69) is 38.2 Å². The van der Waals surface area contributed by atoms with E-state index in [1.165, 1.54) is 22.4 Å². The monoisotopic (exact) mass is 217 g/mol. The van der Waals surface area contributed by atoms with Crippen LogP contribution in [0.2, 0.25) is 0 Å². The van der Waals surface area contributed by atoms with E-state index >= 15 is 0 Å². The van der Waals surface area contributed by atoms with Gasteiger partial charge in [0.05, 0.1) is 6.61 Å². The fourth-order valence-corrected chi connectivity index (χ4v) is 2.09. The summed E-state index contributed by atoms with van der Waals surface area (Å²) in [6.07, 6.45) is 0. The van der Waals surface area contributed by atoms with E-state index in [1.807, 2.05) is 13.0 Å². The maximum atomic E-state index is 5.53. The molecule has 1 N–H and O–H groups in total. The predicted molar refractivity (Wildman–Crippen MR) is 69.0 cm³/mol. The number of fused-ring (bicyclic) bond motifs is 1. The van der Waals surface area contributed by atoms with Crippen LogP contribution in [0.25, 0.3) is 5.57 Å². The lowest BCUT2D eigenvalue weighted by molar-refractivity contribution is 0.340. The van der Waals surface area contributed by atoms with Crippen LogP contribution in [0, 0.1) is 0 Å². The molecule has 0 saturated carbocycles. The Bertz CT molecular complexity index is 434. The number of anilines is 1. The van der Waals surface area contributed by atoms with Crippen molar-refractivity contribution >= 4 is 11.3 Å². The molecular formula is C14H19NO. The minimum absolute atomic E-state index is 0.422. The first-order valence-corrected chi connectivity index (χ1v) is 5.84. The maximum Gasteiger partial charge on any atom is 0.120 e. The van der Waals surface area contributed by atoms with Gasteiger partial charge in [0.25, 0.3) is 0 Å². The van der Waals surface area contributed by atoms with Gasteiger partial charge in [-0.2, -0.15) is 0 Å². The molecule has 0 fully saturated rings. The highest BCUT2D eigenvalue weighted by atomic mass is 16.5. The molecule has 0 aromatic heterocycles. The lowest BCUT2D eigenvalue weighted by Gasteiger charge is -2.27. The van der Waals surface area contributed by atoms with E-state index in [4.69, 9.17) is 4.74 Å². The first kappa shape index (κ1) is 11.1. The third-order valence-corrected chi connectivity index (χ3v) is 3.32. The van der Waals surface area contributed by atoms with Crippen molar-refractivity contribution in [3.05, 3.63) is 29.3 Å². The van der Waals surface area contributed by atoms with Crippen LogP contribution in [0.5, 0.6) is 5.75 Å². The van der Waals surface area contributed by atoms with Gasteiger partial charge in [0.1, 0.15) is 5.75 Å². The summed E-state index contributed by atoms with van der Waals surface area (Å²) in [5, 5.41) is 3.50. The molecule has 2 nitrogen and oxygen atoms in total. The molecule has 1 aliphatic rings. The van der Waals surface area contributed by atoms with Crippen LogP contribution >= 0.6 is 0 Å². The number of ether oxygens (including phenoxy) is 1. The van der Waals surface area contributed by atoms with Gasteiger partial charge in [-0.1, -0.05) is 0 Å². The summed E-state index contributed by atoms with van der Waals surface area (Å²) in [5.41, 5.74) is 5.24. The van der Waals surface area contributed by atoms with Crippen molar-refractivity contribution in [2.24, 2.45) is 0 Å². The van der Waals surface area contributed by atoms with Gasteiger partial charge in [0.15, 0.2) is 0 Å². The number of benzene rings is 1. The summed E-state index contributed by atoms with van der Waals surface area (Å²) in [5.74, 6) is 0.949. The molecular weight excluding hydrogens is 198 g/mol. The molecule has 1 aliphatic heterocycles. The molecule has 0 saturated heterocycles. The largest absolute Gasteiger partial charge is 0.494 e. The second kappa shape index (κ2) is 4.20. The van der Waals surface area contributed by atoms with Gasteiger partial charge in [0, 0.05) is 17.3 Å². The molecule has 2 rings (SSSR count). The second-order valence-electron chi connectivity index (χ2n) is 4.31. The van der Waals surface area contributed by atoms with Gasteiger partial charge < -0.3 is 10.1 Å². The van der Waals surface area contributed by atoms with E-state index in [0.717, 1.165) is 5.75 Å². The van der Waals surface area contributed by atoms with Gasteiger partial charge in [-0.25, -0.2) is 0 Å². The van der Waals surface area contributed by atoms with E-state index in [-0.39, 0.29) is 0 Å². The van der Waals surface area contributed by atoms with Crippen molar-refractivity contribution in [1.29, 1.82) is 0 Å². The Balaban J connectivity index is 2.45. The molecule has 1 aromatic carbocycles. The van der Waals surface area contributed by atoms with Crippen LogP contribution in [0.15, 0.2) is 23.8 Å². The summed E-state index contributed by atoms with van der Waals surface area (Å²) in [6, 6.07) is 6.67. The van der Waals surface area contributed by atoms with Crippen LogP contribution in [0.3, 0.4) is 0 Å². The smallest absolute Gasteiger partial charge is 0.120 e. The number of hydrogen-bond acceptors (Lipinski definition) is 2. The molecule has 16 heavy (non-hydrogen) atoms. The molecule has 2 heteroatoms. The molecule has 0 spiro atoms. The molecule has 0 bridgehead atoms. The second-order valence-corrected chi connectivity index (χ2v) is 4.31. The van der Waals surface area contributed by atoms with Crippen LogP contribution in [0.4, 0.5) is 5.69 Å². The minimum Gasteiger partial charge on any atom is -0.494 e. The first-order chi connectivity index (χ1) is 7.63. The zero-order valence-electron chi connectivity index (χ0n) is 10.4. The minimum atomic E-state index is 0.422. The van der Waals surface area contributed by atoms with Crippen LogP contribution in [0.1, 0.15) is 33.3 Å². The average Bonchev–Trinajstić information content (AvgIpc) is 2.28. The Morgan fingerprint density at radius 3 is 2.75 bits per heavy atom. The van der Waals surface area contributed by atoms with Crippen LogP contribution in [-0.4, -0.2) is 12.6 Å². The van der Waals surface area contributed by atoms with Crippen LogP contribution in [-0.2, 0) is 0 Å². The van der Waals surface area contributed by atoms with E-state index in [0.29, 0.717) is 12.6 Å². The third-order valence-electron chi connectivity index (χ3n) is 3.32. The van der Waals surface area contributed by atoms with Gasteiger partial charge in [-0.3, -0.25) is 0 Å². The number of allylic oxidation sites excluding steroid dienone is 1. The van der Waals surface area contributed by atoms with Gasteiger partial charge in [-0.15, -0.1) is 0 Å². The normalized spacial score (nSPS) is 19.1. The molecule has 86 valence electrons. The highest BCUT2D eigenvalue weighted by Crippen LogP contribution is 2.35. The summed E-state index contributed by atoms with van der Waals surface area (Å²) < 4.78 is 5.53. The molecule has 1 unspecified atom stereocenters. The standard InChI is InChI=1S/C14H19NO/c1-5-16-12-6-7-14-13(8-12)10(3)9(2)11(4)15-14/h6-8,11,15H,5H2,1-4H3. The Labute approximate surface area is 97.3 Å². The molecule has 0 radical (unpaired) electrons. The van der Waals surface area contributed by atoms with E-state index in [1.54, 1.807) is 0 Å². The maximum absolute atomic E-state index is 5.53. The van der Waals surface area contributed by atoms with Crippen molar-refractivity contribution in [1.82, 2.24) is 0 Å². The molecule has 0 amide bonds. The fourth-order valence-electron chi connectivity index (χ4n) is 2.09.